The van der Waals surface area contributed by atoms with Crippen LogP contribution >= 0.6 is 0 Å². The number of morpholine rings is 1. The van der Waals surface area contributed by atoms with Crippen LogP contribution in [0.15, 0.2) is 27.8 Å². The van der Waals surface area contributed by atoms with Crippen molar-refractivity contribution in [3.63, 3.8) is 0 Å². The number of hydrogen-bond donors (Lipinski definition) is 1. The Balaban J connectivity index is 1.70. The number of ether oxygens (including phenoxy) is 2. The summed E-state index contributed by atoms with van der Waals surface area (Å²) in [5, 5.41) is 0.390. The second kappa shape index (κ2) is 6.56. The van der Waals surface area contributed by atoms with Crippen molar-refractivity contribution in [1.29, 1.82) is 0 Å². The number of aromatic nitrogens is 2. The van der Waals surface area contributed by atoms with Gasteiger partial charge in [0.2, 0.25) is 0 Å². The molecule has 1 atom stereocenters. The van der Waals surface area contributed by atoms with Gasteiger partial charge in [0.25, 0.3) is 11.5 Å². The predicted octanol–water partition coefficient (Wildman–Crippen LogP) is 1.12. The topological polar surface area (TPSA) is 93.6 Å². The zero-order valence-corrected chi connectivity index (χ0v) is 16.4. The highest BCUT2D eigenvalue weighted by molar-refractivity contribution is 5.97. The van der Waals surface area contributed by atoms with Crippen molar-refractivity contribution in [1.82, 2.24) is 14.5 Å². The monoisotopic (exact) mass is 387 g/mol. The molecule has 4 rings (SSSR count). The van der Waals surface area contributed by atoms with Crippen LogP contribution in [-0.2, 0) is 16.0 Å². The number of carbonyl (C=O) groups excluding carboxylic acids is 1. The van der Waals surface area contributed by atoms with E-state index in [-0.39, 0.29) is 18.0 Å². The van der Waals surface area contributed by atoms with Crippen molar-refractivity contribution >= 4 is 16.8 Å². The summed E-state index contributed by atoms with van der Waals surface area (Å²) in [5.74, 6) is -0.148. The minimum atomic E-state index is -0.484. The number of rotatable bonds is 2. The zero-order chi connectivity index (χ0) is 20.1. The Bertz CT molecular complexity index is 1050. The van der Waals surface area contributed by atoms with E-state index in [4.69, 9.17) is 9.47 Å². The fourth-order valence-electron chi connectivity index (χ4n) is 4.31. The molecule has 1 unspecified atom stereocenters. The quantitative estimate of drug-likeness (QED) is 0.834. The van der Waals surface area contributed by atoms with Crippen LogP contribution in [0.25, 0.3) is 10.9 Å². The molecule has 1 spiro atoms. The summed E-state index contributed by atoms with van der Waals surface area (Å²) in [4.78, 5) is 42.2. The fourth-order valence-corrected chi connectivity index (χ4v) is 4.31. The van der Waals surface area contributed by atoms with Crippen molar-refractivity contribution in [2.45, 2.75) is 44.9 Å². The summed E-state index contributed by atoms with van der Waals surface area (Å²) in [5.41, 5.74) is -0.978. The SMILES string of the molecule is CCn1c(=O)[nH]c2cc(C(=O)N3CC(C)(C)OC4(CCOC4)C3)ccc2c1=O. The number of H-pyrrole nitrogens is 1. The van der Waals surface area contributed by atoms with Gasteiger partial charge in [-0.1, -0.05) is 0 Å². The number of fused-ring (bicyclic) bond motifs is 1. The lowest BCUT2D eigenvalue weighted by atomic mass is 9.94. The Hall–Kier alpha value is -2.45. The van der Waals surface area contributed by atoms with E-state index < -0.39 is 16.9 Å². The molecule has 8 nitrogen and oxygen atoms in total. The third-order valence-corrected chi connectivity index (χ3v) is 5.44. The Morgan fingerprint density at radius 2 is 2.04 bits per heavy atom. The number of benzene rings is 1. The minimum Gasteiger partial charge on any atom is -0.378 e. The largest absolute Gasteiger partial charge is 0.378 e. The summed E-state index contributed by atoms with van der Waals surface area (Å²) in [6, 6.07) is 4.83. The van der Waals surface area contributed by atoms with Crippen LogP contribution in [0.3, 0.4) is 0 Å². The van der Waals surface area contributed by atoms with Crippen molar-refractivity contribution in [3.8, 4) is 0 Å². The van der Waals surface area contributed by atoms with E-state index in [1.54, 1.807) is 30.0 Å². The zero-order valence-electron chi connectivity index (χ0n) is 16.4. The molecule has 1 N–H and O–H groups in total. The van der Waals surface area contributed by atoms with E-state index in [0.29, 0.717) is 42.8 Å². The Morgan fingerprint density at radius 3 is 2.71 bits per heavy atom. The smallest absolute Gasteiger partial charge is 0.328 e. The van der Waals surface area contributed by atoms with Crippen LogP contribution in [0.5, 0.6) is 0 Å². The van der Waals surface area contributed by atoms with Gasteiger partial charge in [0.1, 0.15) is 5.60 Å². The molecule has 1 aromatic heterocycles. The molecular weight excluding hydrogens is 362 g/mol. The van der Waals surface area contributed by atoms with Gasteiger partial charge in [0.05, 0.1) is 29.7 Å². The average Bonchev–Trinajstić information content (AvgIpc) is 3.06. The predicted molar refractivity (Wildman–Crippen MR) is 104 cm³/mol. The molecule has 0 saturated carbocycles. The first-order valence-corrected chi connectivity index (χ1v) is 9.58. The maximum absolute atomic E-state index is 13.2. The number of nitrogens with zero attached hydrogens (tertiary/aromatic N) is 2. The molecule has 150 valence electrons. The lowest BCUT2D eigenvalue weighted by Crippen LogP contribution is -2.61. The van der Waals surface area contributed by atoms with Gasteiger partial charge >= 0.3 is 5.69 Å². The number of aromatic amines is 1. The van der Waals surface area contributed by atoms with E-state index in [0.717, 1.165) is 11.0 Å². The number of hydrogen-bond acceptors (Lipinski definition) is 5. The van der Waals surface area contributed by atoms with Gasteiger partial charge in [-0.15, -0.1) is 0 Å². The van der Waals surface area contributed by atoms with Crippen LogP contribution in [0.1, 0.15) is 37.6 Å². The lowest BCUT2D eigenvalue weighted by molar-refractivity contribution is -0.186. The van der Waals surface area contributed by atoms with Gasteiger partial charge in [-0.2, -0.15) is 0 Å². The van der Waals surface area contributed by atoms with Crippen LogP contribution < -0.4 is 11.2 Å². The Kier molecular flexibility index (Phi) is 4.43. The number of carbonyl (C=O) groups is 1. The molecule has 3 heterocycles. The molecule has 2 aliphatic rings. The summed E-state index contributed by atoms with van der Waals surface area (Å²) < 4.78 is 12.9. The molecule has 1 amide bonds. The second-order valence-corrected chi connectivity index (χ2v) is 8.25. The molecule has 2 saturated heterocycles. The minimum absolute atomic E-state index is 0.148. The highest BCUT2D eigenvalue weighted by Gasteiger charge is 2.48. The summed E-state index contributed by atoms with van der Waals surface area (Å²) >= 11 is 0. The highest BCUT2D eigenvalue weighted by atomic mass is 16.6. The first kappa shape index (κ1) is 18.9. The normalized spacial score (nSPS) is 24.2. The molecule has 2 aromatic rings. The molecule has 2 fully saturated rings. The molecule has 0 aliphatic carbocycles. The van der Waals surface area contributed by atoms with Gasteiger partial charge in [-0.05, 0) is 39.0 Å². The standard InChI is InChI=1S/C20H25N3O5/c1-4-23-17(25)14-6-5-13(9-15(14)21-18(23)26)16(24)22-10-19(2,3)28-20(11-22)7-8-27-12-20/h5-6,9H,4,7-8,10-12H2,1-3H3,(H,21,26). The van der Waals surface area contributed by atoms with Crippen LogP contribution in [0.2, 0.25) is 0 Å². The van der Waals surface area contributed by atoms with E-state index in [1.807, 2.05) is 13.8 Å². The first-order valence-electron chi connectivity index (χ1n) is 9.58. The number of nitrogens with one attached hydrogen (secondary N) is 1. The van der Waals surface area contributed by atoms with Gasteiger partial charge < -0.3 is 19.4 Å². The number of amides is 1. The van der Waals surface area contributed by atoms with Gasteiger partial charge in [0.15, 0.2) is 0 Å². The molecule has 8 heteroatoms. The van der Waals surface area contributed by atoms with Crippen LogP contribution in [0, 0.1) is 0 Å². The summed E-state index contributed by atoms with van der Waals surface area (Å²) in [6.07, 6.45) is 0.752. The maximum atomic E-state index is 13.2. The van der Waals surface area contributed by atoms with Crippen molar-refractivity contribution in [2.24, 2.45) is 0 Å². The molecule has 0 radical (unpaired) electrons. The van der Waals surface area contributed by atoms with Gasteiger partial charge in [-0.25, -0.2) is 4.79 Å². The second-order valence-electron chi connectivity index (χ2n) is 8.25. The summed E-state index contributed by atoms with van der Waals surface area (Å²) in [6.45, 7) is 7.98. The van der Waals surface area contributed by atoms with Crippen molar-refractivity contribution < 1.29 is 14.3 Å². The van der Waals surface area contributed by atoms with E-state index in [9.17, 15) is 14.4 Å². The first-order chi connectivity index (χ1) is 13.2. The lowest BCUT2D eigenvalue weighted by Gasteiger charge is -2.48. The third kappa shape index (κ3) is 3.16. The Labute approximate surface area is 162 Å². The molecule has 1 aromatic carbocycles. The van der Waals surface area contributed by atoms with E-state index in [2.05, 4.69) is 4.98 Å². The summed E-state index contributed by atoms with van der Waals surface area (Å²) in [7, 11) is 0. The molecular formula is C20H25N3O5. The fraction of sp³-hybridized carbons (Fsp3) is 0.550. The Morgan fingerprint density at radius 1 is 1.25 bits per heavy atom. The van der Waals surface area contributed by atoms with E-state index in [1.165, 1.54) is 0 Å². The molecule has 28 heavy (non-hydrogen) atoms. The van der Waals surface area contributed by atoms with Gasteiger partial charge in [0, 0.05) is 31.7 Å². The molecule has 2 aliphatic heterocycles. The molecule has 0 bridgehead atoms. The third-order valence-electron chi connectivity index (χ3n) is 5.44. The van der Waals surface area contributed by atoms with Crippen molar-refractivity contribution in [3.05, 3.63) is 44.6 Å². The van der Waals surface area contributed by atoms with Crippen molar-refractivity contribution in [2.75, 3.05) is 26.3 Å². The van der Waals surface area contributed by atoms with E-state index >= 15 is 0 Å². The van der Waals surface area contributed by atoms with Crippen LogP contribution in [-0.4, -0.2) is 57.9 Å². The highest BCUT2D eigenvalue weighted by Crippen LogP contribution is 2.35. The average molecular weight is 387 g/mol. The maximum Gasteiger partial charge on any atom is 0.328 e. The van der Waals surface area contributed by atoms with Gasteiger partial charge in [-0.3, -0.25) is 14.2 Å². The van der Waals surface area contributed by atoms with Crippen LogP contribution in [0.4, 0.5) is 0 Å².